The summed E-state index contributed by atoms with van der Waals surface area (Å²) < 4.78 is 36.5. The van der Waals surface area contributed by atoms with Crippen molar-refractivity contribution in [1.82, 2.24) is 0 Å². The number of anilines is 2. The smallest absolute Gasteiger partial charge is 0.355 e. The van der Waals surface area contributed by atoms with Crippen molar-refractivity contribution in [3.8, 4) is 0 Å². The minimum absolute atomic E-state index is 0.0348. The van der Waals surface area contributed by atoms with Crippen molar-refractivity contribution in [2.24, 2.45) is 0 Å². The first-order chi connectivity index (χ1) is 16.2. The predicted molar refractivity (Wildman–Crippen MR) is 131 cm³/mol. The Hall–Kier alpha value is -3.07. The van der Waals surface area contributed by atoms with E-state index in [2.05, 4.69) is 4.90 Å². The summed E-state index contributed by atoms with van der Waals surface area (Å²) in [6.07, 6.45) is 10.6. The first-order valence-electron chi connectivity index (χ1n) is 11.4. The average molecular weight is 489 g/mol. The molecular weight excluding hydrogens is 456 g/mol. The summed E-state index contributed by atoms with van der Waals surface area (Å²) in [6, 6.07) is 5.17. The maximum atomic E-state index is 13.3. The molecule has 1 saturated heterocycles. The first kappa shape index (κ1) is 25.6. The van der Waals surface area contributed by atoms with E-state index in [-0.39, 0.29) is 21.9 Å². The van der Waals surface area contributed by atoms with Crippen molar-refractivity contribution in [3.05, 3.63) is 53.9 Å². The standard InChI is InChI=1S/C25H32N2O6S/c1-18(2)34(30,31)22-13-12-19(26-14-8-5-6-9-15-26)17-21(22)27-16-10-7-11-20(24(28)32-3)23(27)25(29)33-4/h7,10-13,16-18H,5-6,8-9,14-15H2,1-4H3. The molecule has 2 heterocycles. The number of carbonyl (C=O) groups is 2. The van der Waals surface area contributed by atoms with Crippen LogP contribution >= 0.6 is 0 Å². The van der Waals surface area contributed by atoms with Crippen LogP contribution in [0.5, 0.6) is 0 Å². The average Bonchev–Trinajstić information content (AvgIpc) is 3.24. The third-order valence-electron chi connectivity index (χ3n) is 5.99. The number of hydrogen-bond donors (Lipinski definition) is 0. The van der Waals surface area contributed by atoms with E-state index in [1.165, 1.54) is 25.2 Å². The molecule has 0 saturated carbocycles. The quantitative estimate of drug-likeness (QED) is 0.559. The zero-order valence-electron chi connectivity index (χ0n) is 20.1. The lowest BCUT2D eigenvalue weighted by Gasteiger charge is -2.29. The third kappa shape index (κ3) is 5.19. The monoisotopic (exact) mass is 488 g/mol. The number of allylic oxidation sites excluding steroid dienone is 2. The van der Waals surface area contributed by atoms with Crippen LogP contribution in [0.25, 0.3) is 0 Å². The molecule has 0 bridgehead atoms. The molecule has 2 aliphatic rings. The van der Waals surface area contributed by atoms with Crippen LogP contribution in [0.4, 0.5) is 11.4 Å². The van der Waals surface area contributed by atoms with Crippen LogP contribution in [0.2, 0.25) is 0 Å². The van der Waals surface area contributed by atoms with Gasteiger partial charge in [0.15, 0.2) is 9.84 Å². The molecule has 0 spiro atoms. The number of nitrogens with zero attached hydrogens (tertiary/aromatic N) is 2. The van der Waals surface area contributed by atoms with E-state index in [1.54, 1.807) is 44.3 Å². The first-order valence-corrected chi connectivity index (χ1v) is 12.9. The molecule has 184 valence electrons. The summed E-state index contributed by atoms with van der Waals surface area (Å²) in [5.74, 6) is -1.52. The zero-order valence-corrected chi connectivity index (χ0v) is 20.9. The SMILES string of the molecule is COC(=O)C1=C(C(=O)OC)N(c2cc(N3CCCCCC3)ccc2S(=O)(=O)C(C)C)C=CC=C1. The van der Waals surface area contributed by atoms with Gasteiger partial charge in [-0.25, -0.2) is 18.0 Å². The Morgan fingerprint density at radius 1 is 0.941 bits per heavy atom. The maximum absolute atomic E-state index is 13.3. The second-order valence-electron chi connectivity index (χ2n) is 8.46. The van der Waals surface area contributed by atoms with Gasteiger partial charge in [-0.1, -0.05) is 18.9 Å². The molecule has 0 aliphatic carbocycles. The van der Waals surface area contributed by atoms with Crippen LogP contribution in [0.3, 0.4) is 0 Å². The summed E-state index contributed by atoms with van der Waals surface area (Å²) in [6.45, 7) is 4.94. The molecule has 0 N–H and O–H groups in total. The Bertz CT molecular complexity index is 1130. The summed E-state index contributed by atoms with van der Waals surface area (Å²) >= 11 is 0. The molecule has 0 amide bonds. The topological polar surface area (TPSA) is 93.2 Å². The van der Waals surface area contributed by atoms with E-state index < -0.39 is 27.0 Å². The highest BCUT2D eigenvalue weighted by Gasteiger charge is 2.32. The summed E-state index contributed by atoms with van der Waals surface area (Å²) in [4.78, 5) is 29.2. The lowest BCUT2D eigenvalue weighted by atomic mass is 10.1. The second-order valence-corrected chi connectivity index (χ2v) is 10.9. The Morgan fingerprint density at radius 3 is 2.18 bits per heavy atom. The van der Waals surface area contributed by atoms with E-state index >= 15 is 0 Å². The Labute approximate surface area is 201 Å². The maximum Gasteiger partial charge on any atom is 0.355 e. The second kappa shape index (κ2) is 10.9. The molecule has 1 fully saturated rings. The molecule has 9 heteroatoms. The van der Waals surface area contributed by atoms with Crippen LogP contribution < -0.4 is 9.80 Å². The number of methoxy groups -OCH3 is 2. The number of rotatable bonds is 6. The fourth-order valence-corrected chi connectivity index (χ4v) is 5.28. The van der Waals surface area contributed by atoms with Crippen LogP contribution in [-0.2, 0) is 28.9 Å². The van der Waals surface area contributed by atoms with E-state index in [0.29, 0.717) is 0 Å². The van der Waals surface area contributed by atoms with Crippen molar-refractivity contribution in [1.29, 1.82) is 0 Å². The minimum atomic E-state index is -3.73. The van der Waals surface area contributed by atoms with E-state index in [0.717, 1.165) is 44.5 Å². The van der Waals surface area contributed by atoms with E-state index in [9.17, 15) is 18.0 Å². The normalized spacial score (nSPS) is 17.0. The van der Waals surface area contributed by atoms with Crippen LogP contribution in [0.1, 0.15) is 39.5 Å². The Morgan fingerprint density at radius 2 is 1.59 bits per heavy atom. The summed E-state index contributed by atoms with van der Waals surface area (Å²) in [7, 11) is -1.30. The molecule has 2 aliphatic heterocycles. The van der Waals surface area contributed by atoms with Crippen LogP contribution in [0.15, 0.2) is 58.8 Å². The number of sulfone groups is 1. The van der Waals surface area contributed by atoms with Crippen molar-refractivity contribution in [3.63, 3.8) is 0 Å². The van der Waals surface area contributed by atoms with Crippen molar-refractivity contribution < 1.29 is 27.5 Å². The van der Waals surface area contributed by atoms with Crippen molar-refractivity contribution in [2.45, 2.75) is 49.7 Å². The minimum Gasteiger partial charge on any atom is -0.465 e. The lowest BCUT2D eigenvalue weighted by Crippen LogP contribution is -2.29. The van der Waals surface area contributed by atoms with Gasteiger partial charge in [-0.15, -0.1) is 0 Å². The van der Waals surface area contributed by atoms with Crippen LogP contribution in [-0.4, -0.2) is 52.9 Å². The highest BCUT2D eigenvalue weighted by molar-refractivity contribution is 7.92. The van der Waals surface area contributed by atoms with Gasteiger partial charge in [-0.2, -0.15) is 0 Å². The highest BCUT2D eigenvalue weighted by atomic mass is 32.2. The molecular formula is C25H32N2O6S. The summed E-state index contributed by atoms with van der Waals surface area (Å²) in [5, 5.41) is -0.685. The molecule has 0 unspecified atom stereocenters. The largest absolute Gasteiger partial charge is 0.465 e. The molecule has 1 aromatic rings. The van der Waals surface area contributed by atoms with Gasteiger partial charge >= 0.3 is 11.9 Å². The molecule has 0 atom stereocenters. The van der Waals surface area contributed by atoms with Crippen molar-refractivity contribution in [2.75, 3.05) is 37.1 Å². The number of carbonyl (C=O) groups excluding carboxylic acids is 2. The molecule has 8 nitrogen and oxygen atoms in total. The molecule has 1 aromatic carbocycles. The van der Waals surface area contributed by atoms with Gasteiger partial charge < -0.3 is 19.3 Å². The van der Waals surface area contributed by atoms with Gasteiger partial charge in [0.1, 0.15) is 5.70 Å². The number of ether oxygens (including phenoxy) is 2. The number of benzene rings is 1. The predicted octanol–water partition coefficient (Wildman–Crippen LogP) is 3.74. The van der Waals surface area contributed by atoms with E-state index in [1.807, 2.05) is 6.07 Å². The fraction of sp³-hybridized carbons (Fsp3) is 0.440. The van der Waals surface area contributed by atoms with Gasteiger partial charge in [-0.3, -0.25) is 0 Å². The van der Waals surface area contributed by atoms with Gasteiger partial charge in [-0.05, 0) is 57.0 Å². The number of hydrogen-bond acceptors (Lipinski definition) is 8. The lowest BCUT2D eigenvalue weighted by molar-refractivity contribution is -0.139. The number of esters is 2. The van der Waals surface area contributed by atoms with Gasteiger partial charge in [0.2, 0.25) is 0 Å². The van der Waals surface area contributed by atoms with Crippen molar-refractivity contribution >= 4 is 33.2 Å². The highest BCUT2D eigenvalue weighted by Crippen LogP contribution is 2.37. The van der Waals surface area contributed by atoms with Gasteiger partial charge in [0, 0.05) is 25.0 Å². The fourth-order valence-electron chi connectivity index (χ4n) is 4.07. The molecule has 34 heavy (non-hydrogen) atoms. The molecule has 3 rings (SSSR count). The molecule has 0 radical (unpaired) electrons. The third-order valence-corrected chi connectivity index (χ3v) is 8.19. The zero-order chi connectivity index (χ0) is 24.9. The Kier molecular flexibility index (Phi) is 8.19. The Balaban J connectivity index is 2.29. The van der Waals surface area contributed by atoms with Gasteiger partial charge in [0.05, 0.1) is 35.6 Å². The molecule has 0 aromatic heterocycles. The van der Waals surface area contributed by atoms with Gasteiger partial charge in [0.25, 0.3) is 0 Å². The summed E-state index contributed by atoms with van der Waals surface area (Å²) in [5.41, 5.74) is 0.978. The van der Waals surface area contributed by atoms with Crippen LogP contribution in [0, 0.1) is 0 Å². The van der Waals surface area contributed by atoms with E-state index in [4.69, 9.17) is 9.47 Å².